The van der Waals surface area contributed by atoms with Crippen LogP contribution in [-0.4, -0.2) is 33.9 Å². The largest absolute Gasteiger partial charge is 0.459 e. The second-order valence-electron chi connectivity index (χ2n) is 6.22. The number of amides is 1. The van der Waals surface area contributed by atoms with Crippen molar-refractivity contribution >= 4 is 40.9 Å². The molecule has 0 spiro atoms. The fraction of sp³-hybridized carbons (Fsp3) is 0.200. The number of rotatable bonds is 7. The Morgan fingerprint density at radius 3 is 2.72 bits per heavy atom. The highest BCUT2D eigenvalue weighted by Crippen LogP contribution is 2.25. The van der Waals surface area contributed by atoms with Gasteiger partial charge >= 0.3 is 5.97 Å². The van der Waals surface area contributed by atoms with Crippen LogP contribution in [0, 0.1) is 0 Å². The lowest BCUT2D eigenvalue weighted by Crippen LogP contribution is -2.18. The molecule has 0 saturated heterocycles. The van der Waals surface area contributed by atoms with Gasteiger partial charge in [0.1, 0.15) is 0 Å². The van der Waals surface area contributed by atoms with E-state index in [2.05, 4.69) is 15.5 Å². The van der Waals surface area contributed by atoms with Gasteiger partial charge in [-0.2, -0.15) is 0 Å². The first-order valence-corrected chi connectivity index (χ1v) is 10.1. The van der Waals surface area contributed by atoms with E-state index in [1.54, 1.807) is 62.4 Å². The van der Waals surface area contributed by atoms with E-state index < -0.39 is 5.97 Å². The third kappa shape index (κ3) is 5.82. The summed E-state index contributed by atoms with van der Waals surface area (Å²) < 4.78 is 10.8. The van der Waals surface area contributed by atoms with Crippen molar-refractivity contribution in [1.29, 1.82) is 0 Å². The predicted octanol–water partition coefficient (Wildman–Crippen LogP) is 4.69. The summed E-state index contributed by atoms with van der Waals surface area (Å²) in [6.07, 6.45) is -0.256. The van der Waals surface area contributed by atoms with Gasteiger partial charge in [0.15, 0.2) is 0 Å². The molecule has 29 heavy (non-hydrogen) atoms. The van der Waals surface area contributed by atoms with Crippen LogP contribution in [0.1, 0.15) is 24.2 Å². The average molecular weight is 432 g/mol. The Bertz CT molecular complexity index is 1020. The third-order valence-electron chi connectivity index (χ3n) is 3.57. The summed E-state index contributed by atoms with van der Waals surface area (Å²) >= 11 is 7.05. The molecule has 0 radical (unpaired) electrons. The van der Waals surface area contributed by atoms with Gasteiger partial charge in [-0.05, 0) is 44.2 Å². The van der Waals surface area contributed by atoms with Gasteiger partial charge in [-0.3, -0.25) is 4.79 Å². The number of benzene rings is 2. The van der Waals surface area contributed by atoms with Crippen LogP contribution in [0.25, 0.3) is 11.5 Å². The average Bonchev–Trinajstić information content (AvgIpc) is 3.15. The first-order chi connectivity index (χ1) is 13.9. The van der Waals surface area contributed by atoms with Gasteiger partial charge in [-0.25, -0.2) is 4.79 Å². The molecule has 1 heterocycles. The number of nitrogens with one attached hydrogen (secondary N) is 1. The zero-order valence-corrected chi connectivity index (χ0v) is 17.3. The molecule has 2 aromatic carbocycles. The lowest BCUT2D eigenvalue weighted by molar-refractivity contribution is -0.113. The molecule has 0 aliphatic carbocycles. The van der Waals surface area contributed by atoms with E-state index in [0.29, 0.717) is 27.7 Å². The van der Waals surface area contributed by atoms with E-state index in [4.69, 9.17) is 20.8 Å². The van der Waals surface area contributed by atoms with E-state index in [-0.39, 0.29) is 23.0 Å². The Labute approximate surface area is 176 Å². The number of ether oxygens (including phenoxy) is 1. The van der Waals surface area contributed by atoms with Crippen LogP contribution >= 0.6 is 23.4 Å². The number of carbonyl (C=O) groups is 2. The van der Waals surface area contributed by atoms with Gasteiger partial charge in [-0.1, -0.05) is 41.6 Å². The van der Waals surface area contributed by atoms with Crippen LogP contribution in [0.2, 0.25) is 5.02 Å². The minimum Gasteiger partial charge on any atom is -0.459 e. The van der Waals surface area contributed by atoms with E-state index in [1.165, 1.54) is 0 Å². The van der Waals surface area contributed by atoms with Crippen molar-refractivity contribution in [2.75, 3.05) is 11.1 Å². The zero-order valence-electron chi connectivity index (χ0n) is 15.7. The van der Waals surface area contributed by atoms with Crippen molar-refractivity contribution in [2.24, 2.45) is 0 Å². The Morgan fingerprint density at radius 2 is 1.97 bits per heavy atom. The fourth-order valence-electron chi connectivity index (χ4n) is 2.37. The molecule has 0 aliphatic rings. The normalized spacial score (nSPS) is 10.8. The van der Waals surface area contributed by atoms with Gasteiger partial charge < -0.3 is 14.5 Å². The predicted molar refractivity (Wildman–Crippen MR) is 111 cm³/mol. The number of anilines is 1. The standard InChI is InChI=1S/C20H18ClN3O4S/c1-12(2)27-19(26)15-8-3-4-9-16(15)22-17(25)11-29-20-24-23-18(28-20)13-6-5-7-14(21)10-13/h3-10,12H,11H2,1-2H3,(H,22,25). The molecule has 7 nitrogen and oxygen atoms in total. The molecule has 9 heteroatoms. The molecule has 3 aromatic rings. The number of halogens is 1. The summed E-state index contributed by atoms with van der Waals surface area (Å²) in [6.45, 7) is 3.52. The molecule has 0 saturated carbocycles. The quantitative estimate of drug-likeness (QED) is 0.428. The van der Waals surface area contributed by atoms with Crippen LogP contribution in [-0.2, 0) is 9.53 Å². The number of thioether (sulfide) groups is 1. The highest BCUT2D eigenvalue weighted by Gasteiger charge is 2.16. The summed E-state index contributed by atoms with van der Waals surface area (Å²) in [5, 5.41) is 11.4. The van der Waals surface area contributed by atoms with Gasteiger partial charge in [0, 0.05) is 10.6 Å². The summed E-state index contributed by atoms with van der Waals surface area (Å²) in [6, 6.07) is 13.7. The van der Waals surface area contributed by atoms with E-state index in [0.717, 1.165) is 11.8 Å². The van der Waals surface area contributed by atoms with Crippen molar-refractivity contribution < 1.29 is 18.7 Å². The third-order valence-corrected chi connectivity index (χ3v) is 4.62. The second-order valence-corrected chi connectivity index (χ2v) is 7.58. The van der Waals surface area contributed by atoms with Crippen LogP contribution in [0.3, 0.4) is 0 Å². The van der Waals surface area contributed by atoms with Crippen molar-refractivity contribution in [3.05, 3.63) is 59.1 Å². The lowest BCUT2D eigenvalue weighted by atomic mass is 10.2. The molecule has 1 aromatic heterocycles. The smallest absolute Gasteiger partial charge is 0.340 e. The van der Waals surface area contributed by atoms with Crippen LogP contribution < -0.4 is 5.32 Å². The SMILES string of the molecule is CC(C)OC(=O)c1ccccc1NC(=O)CSc1nnc(-c2cccc(Cl)c2)o1. The summed E-state index contributed by atoms with van der Waals surface area (Å²) in [7, 11) is 0. The highest BCUT2D eigenvalue weighted by molar-refractivity contribution is 7.99. The molecule has 0 atom stereocenters. The topological polar surface area (TPSA) is 94.3 Å². The molecule has 0 unspecified atom stereocenters. The highest BCUT2D eigenvalue weighted by atomic mass is 35.5. The Hall–Kier alpha value is -2.84. The summed E-state index contributed by atoms with van der Waals surface area (Å²) in [5.41, 5.74) is 1.37. The zero-order chi connectivity index (χ0) is 20.8. The molecular formula is C20H18ClN3O4S. The number of para-hydroxylation sites is 1. The second kappa shape index (κ2) is 9.58. The monoisotopic (exact) mass is 431 g/mol. The van der Waals surface area contributed by atoms with E-state index in [9.17, 15) is 9.59 Å². The molecule has 1 amide bonds. The van der Waals surface area contributed by atoms with Crippen LogP contribution in [0.4, 0.5) is 5.69 Å². The molecule has 1 N–H and O–H groups in total. The summed E-state index contributed by atoms with van der Waals surface area (Å²) in [5.74, 6) is -0.462. The molecule has 150 valence electrons. The molecule has 3 rings (SSSR count). The molecule has 0 aliphatic heterocycles. The van der Waals surface area contributed by atoms with Crippen LogP contribution in [0.15, 0.2) is 58.2 Å². The van der Waals surface area contributed by atoms with Crippen molar-refractivity contribution in [1.82, 2.24) is 10.2 Å². The maximum atomic E-state index is 12.3. The maximum Gasteiger partial charge on any atom is 0.340 e. The number of carbonyl (C=O) groups excluding carboxylic acids is 2. The summed E-state index contributed by atoms with van der Waals surface area (Å²) in [4.78, 5) is 24.5. The number of esters is 1. The number of hydrogen-bond acceptors (Lipinski definition) is 7. The van der Waals surface area contributed by atoms with Gasteiger partial charge in [0.25, 0.3) is 5.22 Å². The minimum atomic E-state index is -0.494. The number of hydrogen-bond donors (Lipinski definition) is 1. The van der Waals surface area contributed by atoms with Gasteiger partial charge in [0.2, 0.25) is 11.8 Å². The van der Waals surface area contributed by atoms with E-state index in [1.807, 2.05) is 0 Å². The van der Waals surface area contributed by atoms with E-state index >= 15 is 0 Å². The Balaban J connectivity index is 1.61. The molecular weight excluding hydrogens is 414 g/mol. The van der Waals surface area contributed by atoms with Crippen LogP contribution in [0.5, 0.6) is 0 Å². The van der Waals surface area contributed by atoms with Crippen molar-refractivity contribution in [3.8, 4) is 11.5 Å². The Kier molecular flexibility index (Phi) is 6.90. The first-order valence-electron chi connectivity index (χ1n) is 8.74. The molecule has 0 bridgehead atoms. The lowest BCUT2D eigenvalue weighted by Gasteiger charge is -2.12. The fourth-order valence-corrected chi connectivity index (χ4v) is 3.12. The number of aromatic nitrogens is 2. The number of nitrogens with zero attached hydrogens (tertiary/aromatic N) is 2. The maximum absolute atomic E-state index is 12.3. The van der Waals surface area contributed by atoms with Crippen molar-refractivity contribution in [3.63, 3.8) is 0 Å². The van der Waals surface area contributed by atoms with Gasteiger partial charge in [-0.15, -0.1) is 10.2 Å². The molecule has 0 fully saturated rings. The van der Waals surface area contributed by atoms with Gasteiger partial charge in [0.05, 0.1) is 23.1 Å². The van der Waals surface area contributed by atoms with Crippen molar-refractivity contribution in [2.45, 2.75) is 25.2 Å². The first kappa shape index (κ1) is 20.9. The Morgan fingerprint density at radius 1 is 1.17 bits per heavy atom. The minimum absolute atomic E-state index is 0.0325.